The summed E-state index contributed by atoms with van der Waals surface area (Å²) in [4.78, 5) is 2.61. The number of phenols is 1. The van der Waals surface area contributed by atoms with Crippen molar-refractivity contribution >= 4 is 5.69 Å². The number of fused-ring (bicyclic) bond motifs is 1. The van der Waals surface area contributed by atoms with Crippen LogP contribution in [0.2, 0.25) is 0 Å². The Hall–Kier alpha value is -1.22. The smallest absolute Gasteiger partial charge is 0.138 e. The number of likely N-dealkylation sites (tertiary alicyclic amines) is 1. The summed E-state index contributed by atoms with van der Waals surface area (Å²) in [6.45, 7) is 7.97. The molecule has 132 valence electrons. The SMILES string of the molecule is CC(C)Nc1cc2c(cc1O)[C@]13CCCC[C@]1(C)[C@H](C2)N(C)CC3. The molecule has 0 spiro atoms. The fourth-order valence-electron chi connectivity index (χ4n) is 6.19. The third-order valence-corrected chi connectivity index (χ3v) is 7.40. The summed E-state index contributed by atoms with van der Waals surface area (Å²) in [5.41, 5.74) is 4.45. The van der Waals surface area contributed by atoms with E-state index in [9.17, 15) is 5.11 Å². The highest BCUT2D eigenvalue weighted by Crippen LogP contribution is 2.63. The van der Waals surface area contributed by atoms with Crippen LogP contribution in [0.25, 0.3) is 0 Å². The van der Waals surface area contributed by atoms with Crippen molar-refractivity contribution in [3.63, 3.8) is 0 Å². The molecule has 2 aliphatic carbocycles. The number of nitrogens with zero attached hydrogens (tertiary/aromatic N) is 1. The molecule has 1 saturated carbocycles. The first-order valence-corrected chi connectivity index (χ1v) is 9.70. The van der Waals surface area contributed by atoms with E-state index in [2.05, 4.69) is 50.2 Å². The molecule has 2 fully saturated rings. The van der Waals surface area contributed by atoms with Gasteiger partial charge in [-0.25, -0.2) is 0 Å². The highest BCUT2D eigenvalue weighted by Gasteiger charge is 2.60. The van der Waals surface area contributed by atoms with Crippen molar-refractivity contribution in [2.45, 2.75) is 76.8 Å². The fraction of sp³-hybridized carbons (Fsp3) is 0.714. The standard InChI is InChI=1S/C21H32N2O/c1-14(2)22-17-11-15-12-19-20(3)7-5-6-8-21(20,9-10-23(19)4)16(15)13-18(17)24/h11,13-14,19,22,24H,5-10,12H2,1-4H3/t19-,20+,21+/m0/s1. The van der Waals surface area contributed by atoms with Gasteiger partial charge < -0.3 is 15.3 Å². The second-order valence-electron chi connectivity index (χ2n) is 8.98. The van der Waals surface area contributed by atoms with Gasteiger partial charge in [-0.3, -0.25) is 0 Å². The molecule has 2 bridgehead atoms. The number of benzene rings is 1. The van der Waals surface area contributed by atoms with Gasteiger partial charge in [-0.15, -0.1) is 0 Å². The topological polar surface area (TPSA) is 35.5 Å². The van der Waals surface area contributed by atoms with Crippen LogP contribution in [-0.2, 0) is 11.8 Å². The Bertz CT molecular complexity index is 655. The quantitative estimate of drug-likeness (QED) is 0.795. The molecule has 1 aromatic rings. The summed E-state index contributed by atoms with van der Waals surface area (Å²) in [5.74, 6) is 0.433. The van der Waals surface area contributed by atoms with Gasteiger partial charge in [0.15, 0.2) is 0 Å². The average molecular weight is 329 g/mol. The summed E-state index contributed by atoms with van der Waals surface area (Å²) < 4.78 is 0. The summed E-state index contributed by atoms with van der Waals surface area (Å²) in [6.07, 6.45) is 7.66. The minimum Gasteiger partial charge on any atom is -0.506 e. The molecule has 0 radical (unpaired) electrons. The maximum absolute atomic E-state index is 10.7. The minimum absolute atomic E-state index is 0.268. The summed E-state index contributed by atoms with van der Waals surface area (Å²) in [7, 11) is 2.31. The Kier molecular flexibility index (Phi) is 3.65. The van der Waals surface area contributed by atoms with Gasteiger partial charge in [0.1, 0.15) is 5.75 Å². The molecule has 3 heteroatoms. The number of phenolic OH excluding ortho intramolecular Hbond substituents is 1. The van der Waals surface area contributed by atoms with Crippen LogP contribution in [0.4, 0.5) is 5.69 Å². The van der Waals surface area contributed by atoms with E-state index in [-0.39, 0.29) is 5.41 Å². The number of likely N-dealkylation sites (N-methyl/N-ethyl adjacent to an activating group) is 1. The molecular weight excluding hydrogens is 296 g/mol. The van der Waals surface area contributed by atoms with Gasteiger partial charge in [-0.2, -0.15) is 0 Å². The second-order valence-corrected chi connectivity index (χ2v) is 8.98. The molecule has 3 aliphatic rings. The van der Waals surface area contributed by atoms with Gasteiger partial charge in [0.2, 0.25) is 0 Å². The lowest BCUT2D eigenvalue weighted by atomic mass is 9.45. The molecule has 1 aliphatic heterocycles. The summed E-state index contributed by atoms with van der Waals surface area (Å²) in [5, 5.41) is 14.1. The Labute approximate surface area is 146 Å². The van der Waals surface area contributed by atoms with Gasteiger partial charge in [-0.1, -0.05) is 19.8 Å². The van der Waals surface area contributed by atoms with Crippen LogP contribution < -0.4 is 5.32 Å². The van der Waals surface area contributed by atoms with Crippen LogP contribution >= 0.6 is 0 Å². The zero-order chi connectivity index (χ0) is 17.1. The Balaban J connectivity index is 1.88. The lowest BCUT2D eigenvalue weighted by Gasteiger charge is -2.65. The molecule has 4 rings (SSSR count). The largest absolute Gasteiger partial charge is 0.506 e. The molecule has 1 aromatic carbocycles. The maximum Gasteiger partial charge on any atom is 0.138 e. The van der Waals surface area contributed by atoms with Crippen LogP contribution in [0, 0.1) is 5.41 Å². The lowest BCUT2D eigenvalue weighted by molar-refractivity contribution is -0.0735. The van der Waals surface area contributed by atoms with Crippen molar-refractivity contribution in [2.75, 3.05) is 18.9 Å². The predicted molar refractivity (Wildman–Crippen MR) is 99.9 cm³/mol. The van der Waals surface area contributed by atoms with Crippen LogP contribution in [0.15, 0.2) is 12.1 Å². The number of rotatable bonds is 2. The number of piperidine rings is 1. The number of anilines is 1. The molecular formula is C21H32N2O. The first-order chi connectivity index (χ1) is 11.4. The predicted octanol–water partition coefficient (Wildman–Crippen LogP) is 4.29. The molecule has 2 N–H and O–H groups in total. The second kappa shape index (κ2) is 5.39. The summed E-state index contributed by atoms with van der Waals surface area (Å²) in [6, 6.07) is 5.33. The van der Waals surface area contributed by atoms with Crippen LogP contribution in [0.3, 0.4) is 0 Å². The first kappa shape index (κ1) is 16.3. The van der Waals surface area contributed by atoms with E-state index in [1.54, 1.807) is 0 Å². The molecule has 1 saturated heterocycles. The normalized spacial score (nSPS) is 35.5. The monoisotopic (exact) mass is 328 g/mol. The van der Waals surface area contributed by atoms with Crippen LogP contribution in [0.5, 0.6) is 5.75 Å². The average Bonchev–Trinajstić information content (AvgIpc) is 2.52. The molecule has 0 aromatic heterocycles. The van der Waals surface area contributed by atoms with Crippen molar-refractivity contribution in [1.82, 2.24) is 4.90 Å². The van der Waals surface area contributed by atoms with Crippen molar-refractivity contribution in [2.24, 2.45) is 5.41 Å². The van der Waals surface area contributed by atoms with Crippen molar-refractivity contribution < 1.29 is 5.11 Å². The molecule has 0 unspecified atom stereocenters. The van der Waals surface area contributed by atoms with E-state index >= 15 is 0 Å². The molecule has 1 heterocycles. The first-order valence-electron chi connectivity index (χ1n) is 9.70. The van der Waals surface area contributed by atoms with Crippen LogP contribution in [-0.4, -0.2) is 35.7 Å². The molecule has 3 nitrogen and oxygen atoms in total. The number of aromatic hydroxyl groups is 1. The maximum atomic E-state index is 10.7. The van der Waals surface area contributed by atoms with E-state index in [1.165, 1.54) is 49.8 Å². The summed E-state index contributed by atoms with van der Waals surface area (Å²) >= 11 is 0. The Morgan fingerprint density at radius 2 is 1.96 bits per heavy atom. The van der Waals surface area contributed by atoms with E-state index in [4.69, 9.17) is 0 Å². The van der Waals surface area contributed by atoms with E-state index in [0.717, 1.165) is 12.1 Å². The van der Waals surface area contributed by atoms with E-state index in [1.807, 2.05) is 0 Å². The van der Waals surface area contributed by atoms with Crippen molar-refractivity contribution in [1.29, 1.82) is 0 Å². The molecule has 3 atom stereocenters. The third-order valence-electron chi connectivity index (χ3n) is 7.40. The van der Waals surface area contributed by atoms with Gasteiger partial charge >= 0.3 is 0 Å². The van der Waals surface area contributed by atoms with Crippen LogP contribution in [0.1, 0.15) is 64.0 Å². The molecule has 24 heavy (non-hydrogen) atoms. The van der Waals surface area contributed by atoms with Gasteiger partial charge in [-0.05, 0) is 81.8 Å². The number of nitrogens with one attached hydrogen (secondary N) is 1. The third kappa shape index (κ3) is 2.06. The lowest BCUT2D eigenvalue weighted by Crippen LogP contribution is -2.66. The minimum atomic E-state index is 0.268. The number of hydrogen-bond donors (Lipinski definition) is 2. The highest BCUT2D eigenvalue weighted by molar-refractivity contribution is 5.62. The zero-order valence-corrected chi connectivity index (χ0v) is 15.7. The Morgan fingerprint density at radius 3 is 2.71 bits per heavy atom. The van der Waals surface area contributed by atoms with Crippen molar-refractivity contribution in [3.8, 4) is 5.75 Å². The number of hydrogen-bond acceptors (Lipinski definition) is 3. The molecule has 0 amide bonds. The van der Waals surface area contributed by atoms with Crippen molar-refractivity contribution in [3.05, 3.63) is 23.3 Å². The van der Waals surface area contributed by atoms with Gasteiger partial charge in [0.05, 0.1) is 5.69 Å². The zero-order valence-electron chi connectivity index (χ0n) is 15.7. The highest BCUT2D eigenvalue weighted by atomic mass is 16.3. The Morgan fingerprint density at radius 1 is 1.21 bits per heavy atom. The van der Waals surface area contributed by atoms with E-state index < -0.39 is 0 Å². The van der Waals surface area contributed by atoms with Gasteiger partial charge in [0, 0.05) is 17.5 Å². The van der Waals surface area contributed by atoms with E-state index in [0.29, 0.717) is 23.2 Å². The van der Waals surface area contributed by atoms with Gasteiger partial charge in [0.25, 0.3) is 0 Å². The fourth-order valence-corrected chi connectivity index (χ4v) is 6.19.